The van der Waals surface area contributed by atoms with E-state index in [9.17, 15) is 5.11 Å². The number of hydrogen-bond donors (Lipinski definition) is 3. The van der Waals surface area contributed by atoms with E-state index in [4.69, 9.17) is 0 Å². The number of aliphatic imine (C=N–C) groups is 1. The molecule has 1 aliphatic rings. The molecule has 3 N–H and O–H groups in total. The number of nitrogens with zero attached hydrogens (tertiary/aromatic N) is 2. The van der Waals surface area contributed by atoms with E-state index in [0.717, 1.165) is 57.9 Å². The third-order valence-electron chi connectivity index (χ3n) is 4.13. The number of guanidine groups is 1. The molecular weight excluding hydrogens is 435 g/mol. The van der Waals surface area contributed by atoms with Gasteiger partial charge in [-0.25, -0.2) is 0 Å². The molecule has 0 aromatic carbocycles. The Labute approximate surface area is 167 Å². The molecule has 0 aliphatic carbocycles. The molecule has 7 heteroatoms. The van der Waals surface area contributed by atoms with Crippen molar-refractivity contribution in [2.24, 2.45) is 4.99 Å². The summed E-state index contributed by atoms with van der Waals surface area (Å²) in [5, 5.41) is 18.4. The average Bonchev–Trinajstić information content (AvgIpc) is 3.08. The molecule has 2 heterocycles. The number of rotatable bonds is 7. The maximum atomic E-state index is 9.53. The van der Waals surface area contributed by atoms with E-state index in [2.05, 4.69) is 51.9 Å². The summed E-state index contributed by atoms with van der Waals surface area (Å²) in [6, 6.07) is 4.51. The van der Waals surface area contributed by atoms with Crippen molar-refractivity contribution in [3.8, 4) is 0 Å². The minimum atomic E-state index is -0.0902. The molecule has 2 rings (SSSR count). The second-order valence-corrected chi connectivity index (χ2v) is 7.05. The molecule has 0 radical (unpaired) electrons. The Morgan fingerprint density at radius 1 is 1.46 bits per heavy atom. The highest BCUT2D eigenvalue weighted by atomic mass is 127. The standard InChI is InChI=1S/C17H30N4OS.HI/c1-3-18-17(20-14(2)16-6-4-13-23-16)19-9-5-10-21-11-7-15(22)8-12-21;/h4,6,13-15,22H,3,5,7-12H2,1-2H3,(H2,18,19,20);1H. The Balaban J connectivity index is 0.00000288. The molecule has 5 nitrogen and oxygen atoms in total. The lowest BCUT2D eigenvalue weighted by Crippen LogP contribution is -2.39. The topological polar surface area (TPSA) is 59.9 Å². The van der Waals surface area contributed by atoms with E-state index >= 15 is 0 Å². The molecule has 1 atom stereocenters. The maximum Gasteiger partial charge on any atom is 0.191 e. The molecule has 138 valence electrons. The van der Waals surface area contributed by atoms with E-state index in [0.29, 0.717) is 0 Å². The highest BCUT2D eigenvalue weighted by Gasteiger charge is 2.16. The number of thiophene rings is 1. The Hall–Kier alpha value is -0.380. The zero-order valence-corrected chi connectivity index (χ0v) is 17.8. The second kappa shape index (κ2) is 12.1. The largest absolute Gasteiger partial charge is 0.393 e. The SMILES string of the molecule is CCNC(=NCCCN1CCC(O)CC1)NC(C)c1cccs1.I. The van der Waals surface area contributed by atoms with Crippen LogP contribution in [0, 0.1) is 0 Å². The molecule has 0 spiro atoms. The van der Waals surface area contributed by atoms with Crippen molar-refractivity contribution >= 4 is 41.3 Å². The first kappa shape index (κ1) is 21.7. The summed E-state index contributed by atoms with van der Waals surface area (Å²) in [6.07, 6.45) is 2.78. The van der Waals surface area contributed by atoms with Crippen molar-refractivity contribution < 1.29 is 5.11 Å². The minimum Gasteiger partial charge on any atom is -0.393 e. The summed E-state index contributed by atoms with van der Waals surface area (Å²) >= 11 is 1.77. The first-order chi connectivity index (χ1) is 11.2. The Bertz CT molecular complexity index is 461. The molecule has 0 bridgehead atoms. The summed E-state index contributed by atoms with van der Waals surface area (Å²) in [6.45, 7) is 9.04. The molecule has 0 saturated carbocycles. The molecule has 1 aliphatic heterocycles. The van der Waals surface area contributed by atoms with Gasteiger partial charge in [-0.3, -0.25) is 4.99 Å². The van der Waals surface area contributed by atoms with Gasteiger partial charge in [-0.1, -0.05) is 6.07 Å². The summed E-state index contributed by atoms with van der Waals surface area (Å²) in [5.41, 5.74) is 0. The average molecular weight is 466 g/mol. The van der Waals surface area contributed by atoms with Crippen molar-refractivity contribution in [1.29, 1.82) is 0 Å². The van der Waals surface area contributed by atoms with Crippen molar-refractivity contribution in [3.63, 3.8) is 0 Å². The fraction of sp³-hybridized carbons (Fsp3) is 0.706. The zero-order chi connectivity index (χ0) is 16.5. The summed E-state index contributed by atoms with van der Waals surface area (Å²) in [4.78, 5) is 8.43. The van der Waals surface area contributed by atoms with Crippen LogP contribution in [-0.2, 0) is 0 Å². The number of aliphatic hydroxyl groups excluding tert-OH is 1. The number of piperidine rings is 1. The Kier molecular flexibility index (Phi) is 10.9. The third-order valence-corrected chi connectivity index (χ3v) is 5.18. The monoisotopic (exact) mass is 466 g/mol. The van der Waals surface area contributed by atoms with Gasteiger partial charge in [0.2, 0.25) is 0 Å². The van der Waals surface area contributed by atoms with Gasteiger partial charge in [0.25, 0.3) is 0 Å². The Morgan fingerprint density at radius 2 is 2.21 bits per heavy atom. The number of aliphatic hydroxyl groups is 1. The van der Waals surface area contributed by atoms with E-state index in [1.807, 2.05) is 0 Å². The van der Waals surface area contributed by atoms with Gasteiger partial charge in [-0.2, -0.15) is 0 Å². The van der Waals surface area contributed by atoms with Crippen molar-refractivity contribution in [3.05, 3.63) is 22.4 Å². The zero-order valence-electron chi connectivity index (χ0n) is 14.7. The van der Waals surface area contributed by atoms with Gasteiger partial charge in [0, 0.05) is 31.1 Å². The number of hydrogen-bond acceptors (Lipinski definition) is 4. The minimum absolute atomic E-state index is 0. The predicted octanol–water partition coefficient (Wildman–Crippen LogP) is 2.83. The van der Waals surface area contributed by atoms with Crippen LogP contribution in [0.25, 0.3) is 0 Å². The van der Waals surface area contributed by atoms with Crippen LogP contribution < -0.4 is 10.6 Å². The van der Waals surface area contributed by atoms with E-state index < -0.39 is 0 Å². The summed E-state index contributed by atoms with van der Waals surface area (Å²) < 4.78 is 0. The van der Waals surface area contributed by atoms with Crippen LogP contribution in [0.1, 0.15) is 44.0 Å². The maximum absolute atomic E-state index is 9.53. The van der Waals surface area contributed by atoms with Crippen molar-refractivity contribution in [2.75, 3.05) is 32.7 Å². The van der Waals surface area contributed by atoms with Crippen LogP contribution >= 0.6 is 35.3 Å². The first-order valence-corrected chi connectivity index (χ1v) is 9.55. The molecule has 1 aromatic heterocycles. The van der Waals surface area contributed by atoms with Crippen LogP contribution in [0.3, 0.4) is 0 Å². The van der Waals surface area contributed by atoms with Gasteiger partial charge in [0.05, 0.1) is 12.1 Å². The van der Waals surface area contributed by atoms with Gasteiger partial charge in [0.1, 0.15) is 0 Å². The lowest BCUT2D eigenvalue weighted by atomic mass is 10.1. The quantitative estimate of drug-likeness (QED) is 0.250. The normalized spacial score (nSPS) is 18.0. The van der Waals surface area contributed by atoms with E-state index in [1.165, 1.54) is 4.88 Å². The van der Waals surface area contributed by atoms with Crippen LogP contribution in [0.4, 0.5) is 0 Å². The molecule has 1 aromatic rings. The van der Waals surface area contributed by atoms with Crippen molar-refractivity contribution in [1.82, 2.24) is 15.5 Å². The molecule has 0 amide bonds. The highest BCUT2D eigenvalue weighted by Crippen LogP contribution is 2.17. The van der Waals surface area contributed by atoms with E-state index in [1.54, 1.807) is 11.3 Å². The van der Waals surface area contributed by atoms with Gasteiger partial charge in [-0.05, 0) is 51.1 Å². The first-order valence-electron chi connectivity index (χ1n) is 8.67. The molecule has 1 saturated heterocycles. The predicted molar refractivity (Wildman–Crippen MR) is 114 cm³/mol. The lowest BCUT2D eigenvalue weighted by molar-refractivity contribution is 0.0824. The summed E-state index contributed by atoms with van der Waals surface area (Å²) in [5.74, 6) is 0.891. The van der Waals surface area contributed by atoms with E-state index in [-0.39, 0.29) is 36.1 Å². The second-order valence-electron chi connectivity index (χ2n) is 6.07. The molecule has 24 heavy (non-hydrogen) atoms. The van der Waals surface area contributed by atoms with Gasteiger partial charge in [-0.15, -0.1) is 35.3 Å². The fourth-order valence-electron chi connectivity index (χ4n) is 2.76. The van der Waals surface area contributed by atoms with Crippen molar-refractivity contribution in [2.45, 2.75) is 45.3 Å². The van der Waals surface area contributed by atoms with Gasteiger partial charge < -0.3 is 20.6 Å². The number of halogens is 1. The molecule has 1 unspecified atom stereocenters. The van der Waals surface area contributed by atoms with Gasteiger partial charge in [0.15, 0.2) is 5.96 Å². The van der Waals surface area contributed by atoms with Gasteiger partial charge >= 0.3 is 0 Å². The van der Waals surface area contributed by atoms with Crippen LogP contribution in [0.5, 0.6) is 0 Å². The molecular formula is C17H31IN4OS. The lowest BCUT2D eigenvalue weighted by Gasteiger charge is -2.29. The summed E-state index contributed by atoms with van der Waals surface area (Å²) in [7, 11) is 0. The number of likely N-dealkylation sites (tertiary alicyclic amines) is 1. The Morgan fingerprint density at radius 3 is 2.83 bits per heavy atom. The fourth-order valence-corrected chi connectivity index (χ4v) is 3.50. The van der Waals surface area contributed by atoms with Crippen LogP contribution in [-0.4, -0.2) is 54.8 Å². The van der Waals surface area contributed by atoms with Crippen LogP contribution in [0.2, 0.25) is 0 Å². The van der Waals surface area contributed by atoms with Crippen LogP contribution in [0.15, 0.2) is 22.5 Å². The third kappa shape index (κ3) is 7.67. The molecule has 1 fully saturated rings. The number of nitrogens with one attached hydrogen (secondary N) is 2. The highest BCUT2D eigenvalue weighted by molar-refractivity contribution is 14.0. The smallest absolute Gasteiger partial charge is 0.191 e.